The SMILES string of the molecule is CNC1CCCCc2nc(-c3cnccc3C)ncc21. The second-order valence-corrected chi connectivity index (χ2v) is 5.37. The number of rotatable bonds is 2. The van der Waals surface area contributed by atoms with Crippen LogP contribution in [0, 0.1) is 6.92 Å². The average Bonchev–Trinajstić information content (AvgIpc) is 2.69. The van der Waals surface area contributed by atoms with Gasteiger partial charge in [0.05, 0.1) is 0 Å². The van der Waals surface area contributed by atoms with Crippen LogP contribution in [-0.2, 0) is 6.42 Å². The van der Waals surface area contributed by atoms with Crippen LogP contribution < -0.4 is 5.32 Å². The molecule has 0 saturated heterocycles. The smallest absolute Gasteiger partial charge is 0.161 e. The Morgan fingerprint density at radius 1 is 1.25 bits per heavy atom. The van der Waals surface area contributed by atoms with E-state index in [1.165, 1.54) is 29.7 Å². The third-order valence-corrected chi connectivity index (χ3v) is 4.06. The van der Waals surface area contributed by atoms with Crippen molar-refractivity contribution in [1.82, 2.24) is 20.3 Å². The van der Waals surface area contributed by atoms with E-state index in [1.807, 2.05) is 25.5 Å². The monoisotopic (exact) mass is 268 g/mol. The van der Waals surface area contributed by atoms with Crippen LogP contribution in [0.4, 0.5) is 0 Å². The van der Waals surface area contributed by atoms with Gasteiger partial charge in [0.25, 0.3) is 0 Å². The van der Waals surface area contributed by atoms with E-state index in [4.69, 9.17) is 4.98 Å². The lowest BCUT2D eigenvalue weighted by Crippen LogP contribution is -2.17. The van der Waals surface area contributed by atoms with Crippen molar-refractivity contribution in [2.75, 3.05) is 7.05 Å². The summed E-state index contributed by atoms with van der Waals surface area (Å²) in [6.45, 7) is 2.07. The predicted molar refractivity (Wildman–Crippen MR) is 79.4 cm³/mol. The molecule has 0 bridgehead atoms. The normalized spacial score (nSPS) is 18.4. The van der Waals surface area contributed by atoms with E-state index >= 15 is 0 Å². The summed E-state index contributed by atoms with van der Waals surface area (Å²) in [7, 11) is 2.01. The number of aromatic nitrogens is 3. The molecule has 3 rings (SSSR count). The van der Waals surface area contributed by atoms with E-state index in [9.17, 15) is 0 Å². The van der Waals surface area contributed by atoms with Crippen molar-refractivity contribution in [3.05, 3.63) is 41.5 Å². The molecule has 4 nitrogen and oxygen atoms in total. The zero-order valence-corrected chi connectivity index (χ0v) is 12.1. The molecule has 1 N–H and O–H groups in total. The molecule has 0 saturated carbocycles. The maximum atomic E-state index is 4.81. The fourth-order valence-electron chi connectivity index (χ4n) is 2.84. The number of fused-ring (bicyclic) bond motifs is 1. The van der Waals surface area contributed by atoms with Crippen molar-refractivity contribution in [2.24, 2.45) is 0 Å². The minimum atomic E-state index is 0.386. The van der Waals surface area contributed by atoms with Crippen LogP contribution in [0.3, 0.4) is 0 Å². The zero-order valence-electron chi connectivity index (χ0n) is 12.1. The highest BCUT2D eigenvalue weighted by Gasteiger charge is 2.19. The molecule has 1 atom stereocenters. The highest BCUT2D eigenvalue weighted by Crippen LogP contribution is 2.28. The lowest BCUT2D eigenvalue weighted by Gasteiger charge is -2.16. The molecule has 2 aromatic rings. The van der Waals surface area contributed by atoms with E-state index in [2.05, 4.69) is 22.2 Å². The first kappa shape index (κ1) is 13.2. The summed E-state index contributed by atoms with van der Waals surface area (Å²) in [6, 6.07) is 2.39. The summed E-state index contributed by atoms with van der Waals surface area (Å²) in [5.41, 5.74) is 4.64. The third-order valence-electron chi connectivity index (χ3n) is 4.06. The van der Waals surface area contributed by atoms with Crippen molar-refractivity contribution < 1.29 is 0 Å². The fraction of sp³-hybridized carbons (Fsp3) is 0.438. The first-order valence-electron chi connectivity index (χ1n) is 7.23. The molecular weight excluding hydrogens is 248 g/mol. The van der Waals surface area contributed by atoms with Gasteiger partial charge in [0.1, 0.15) is 0 Å². The Balaban J connectivity index is 2.05. The lowest BCUT2D eigenvalue weighted by atomic mass is 10.0. The number of aryl methyl sites for hydroxylation is 2. The van der Waals surface area contributed by atoms with Crippen LogP contribution in [0.1, 0.15) is 42.1 Å². The van der Waals surface area contributed by atoms with E-state index in [0.29, 0.717) is 6.04 Å². The number of nitrogens with one attached hydrogen (secondary N) is 1. The summed E-state index contributed by atoms with van der Waals surface area (Å²) in [4.78, 5) is 13.6. The van der Waals surface area contributed by atoms with Crippen molar-refractivity contribution >= 4 is 0 Å². The Labute approximate surface area is 119 Å². The molecule has 2 heterocycles. The fourth-order valence-corrected chi connectivity index (χ4v) is 2.84. The predicted octanol–water partition coefficient (Wildman–Crippen LogP) is 2.83. The summed E-state index contributed by atoms with van der Waals surface area (Å²) < 4.78 is 0. The van der Waals surface area contributed by atoms with Crippen molar-refractivity contribution in [2.45, 2.75) is 38.6 Å². The zero-order chi connectivity index (χ0) is 13.9. The largest absolute Gasteiger partial charge is 0.313 e. The molecule has 0 radical (unpaired) electrons. The summed E-state index contributed by atoms with van der Waals surface area (Å²) in [5.74, 6) is 0.797. The number of hydrogen-bond donors (Lipinski definition) is 1. The van der Waals surface area contributed by atoms with E-state index in [1.54, 1.807) is 6.20 Å². The molecule has 20 heavy (non-hydrogen) atoms. The molecule has 0 fully saturated rings. The number of hydrogen-bond acceptors (Lipinski definition) is 4. The molecule has 1 aliphatic rings. The van der Waals surface area contributed by atoms with Gasteiger partial charge in [0, 0.05) is 41.5 Å². The minimum Gasteiger partial charge on any atom is -0.313 e. The van der Waals surface area contributed by atoms with Gasteiger partial charge in [-0.25, -0.2) is 9.97 Å². The Morgan fingerprint density at radius 2 is 2.15 bits per heavy atom. The lowest BCUT2D eigenvalue weighted by molar-refractivity contribution is 0.532. The molecule has 0 aliphatic heterocycles. The van der Waals surface area contributed by atoms with Crippen LogP contribution in [0.5, 0.6) is 0 Å². The average molecular weight is 268 g/mol. The van der Waals surface area contributed by atoms with Gasteiger partial charge in [-0.2, -0.15) is 0 Å². The Hall–Kier alpha value is -1.81. The molecule has 0 aromatic carbocycles. The second-order valence-electron chi connectivity index (χ2n) is 5.37. The van der Waals surface area contributed by atoms with Crippen LogP contribution in [0.25, 0.3) is 11.4 Å². The minimum absolute atomic E-state index is 0.386. The van der Waals surface area contributed by atoms with Gasteiger partial charge < -0.3 is 5.32 Å². The molecule has 1 unspecified atom stereocenters. The van der Waals surface area contributed by atoms with E-state index < -0.39 is 0 Å². The standard InChI is InChI=1S/C16H20N4/c1-11-7-8-18-9-12(11)16-19-10-13-14(17-2)5-3-4-6-15(13)20-16/h7-10,14,17H,3-6H2,1-2H3. The van der Waals surface area contributed by atoms with Crippen LogP contribution in [0.15, 0.2) is 24.7 Å². The summed E-state index contributed by atoms with van der Waals surface area (Å²) >= 11 is 0. The molecule has 2 aromatic heterocycles. The van der Waals surface area contributed by atoms with E-state index in [0.717, 1.165) is 24.2 Å². The van der Waals surface area contributed by atoms with Gasteiger partial charge >= 0.3 is 0 Å². The third kappa shape index (κ3) is 2.43. The topological polar surface area (TPSA) is 50.7 Å². The maximum absolute atomic E-state index is 4.81. The van der Waals surface area contributed by atoms with Crippen molar-refractivity contribution in [3.63, 3.8) is 0 Å². The molecule has 1 aliphatic carbocycles. The van der Waals surface area contributed by atoms with Gasteiger partial charge in [-0.05, 0) is 44.9 Å². The summed E-state index contributed by atoms with van der Waals surface area (Å²) in [5, 5.41) is 3.38. The number of nitrogens with zero attached hydrogens (tertiary/aromatic N) is 3. The molecular formula is C16H20N4. The van der Waals surface area contributed by atoms with Crippen LogP contribution in [0.2, 0.25) is 0 Å². The second kappa shape index (κ2) is 5.67. The molecule has 0 spiro atoms. The maximum Gasteiger partial charge on any atom is 0.161 e. The van der Waals surface area contributed by atoms with Gasteiger partial charge in [0.15, 0.2) is 5.82 Å². The van der Waals surface area contributed by atoms with Gasteiger partial charge in [0.2, 0.25) is 0 Å². The first-order chi connectivity index (χ1) is 9.79. The molecule has 4 heteroatoms. The van der Waals surface area contributed by atoms with Gasteiger partial charge in [-0.3, -0.25) is 4.98 Å². The summed E-state index contributed by atoms with van der Waals surface area (Å²) in [6.07, 6.45) is 10.3. The van der Waals surface area contributed by atoms with E-state index in [-0.39, 0.29) is 0 Å². The molecule has 104 valence electrons. The van der Waals surface area contributed by atoms with Crippen LogP contribution >= 0.6 is 0 Å². The highest BCUT2D eigenvalue weighted by atomic mass is 14.9. The molecule has 0 amide bonds. The Morgan fingerprint density at radius 3 is 2.95 bits per heavy atom. The number of pyridine rings is 1. The Kier molecular flexibility index (Phi) is 3.74. The quantitative estimate of drug-likeness (QED) is 0.851. The van der Waals surface area contributed by atoms with Crippen molar-refractivity contribution in [1.29, 1.82) is 0 Å². The first-order valence-corrected chi connectivity index (χ1v) is 7.23. The Bertz CT molecular complexity index is 609. The van der Waals surface area contributed by atoms with Gasteiger partial charge in [-0.1, -0.05) is 6.42 Å². The highest BCUT2D eigenvalue weighted by molar-refractivity contribution is 5.58. The van der Waals surface area contributed by atoms with Crippen LogP contribution in [-0.4, -0.2) is 22.0 Å². The van der Waals surface area contributed by atoms with Crippen molar-refractivity contribution in [3.8, 4) is 11.4 Å². The van der Waals surface area contributed by atoms with Gasteiger partial charge in [-0.15, -0.1) is 0 Å².